The van der Waals surface area contributed by atoms with Gasteiger partial charge in [-0.2, -0.15) is 4.31 Å². The maximum absolute atomic E-state index is 12.5. The van der Waals surface area contributed by atoms with E-state index >= 15 is 0 Å². The van der Waals surface area contributed by atoms with E-state index in [1.165, 1.54) is 16.4 Å². The maximum atomic E-state index is 12.5. The van der Waals surface area contributed by atoms with Crippen LogP contribution in [0.15, 0.2) is 38.8 Å². The number of hydrogen-bond donors (Lipinski definition) is 1. The molecule has 1 aliphatic rings. The molecule has 8 nitrogen and oxygen atoms in total. The zero-order valence-corrected chi connectivity index (χ0v) is 14.2. The number of benzene rings is 1. The van der Waals surface area contributed by atoms with Crippen LogP contribution in [0.5, 0.6) is 0 Å². The van der Waals surface area contributed by atoms with Crippen LogP contribution in [0, 0.1) is 0 Å². The summed E-state index contributed by atoms with van der Waals surface area (Å²) < 4.78 is 31.7. The average molecular weight is 369 g/mol. The minimum Gasteiger partial charge on any atom is -0.481 e. The van der Waals surface area contributed by atoms with Crippen molar-refractivity contribution in [3.8, 4) is 11.5 Å². The van der Waals surface area contributed by atoms with Crippen LogP contribution in [0.25, 0.3) is 11.5 Å². The Bertz CT molecular complexity index is 826. The van der Waals surface area contributed by atoms with Crippen molar-refractivity contribution in [1.29, 1.82) is 0 Å². The van der Waals surface area contributed by atoms with Crippen LogP contribution < -0.4 is 0 Å². The summed E-state index contributed by atoms with van der Waals surface area (Å²) in [6.45, 7) is 1.11. The topological polar surface area (TPSA) is 114 Å². The Morgan fingerprint density at radius 2 is 1.88 bits per heavy atom. The van der Waals surface area contributed by atoms with Crippen LogP contribution >= 0.6 is 11.8 Å². The molecule has 128 valence electrons. The largest absolute Gasteiger partial charge is 0.481 e. The lowest BCUT2D eigenvalue weighted by molar-refractivity contribution is -0.133. The molecule has 0 saturated carbocycles. The number of thioether (sulfide) groups is 1. The molecule has 1 aliphatic heterocycles. The van der Waals surface area contributed by atoms with E-state index in [9.17, 15) is 13.2 Å². The van der Waals surface area contributed by atoms with Gasteiger partial charge in [-0.1, -0.05) is 11.8 Å². The van der Waals surface area contributed by atoms with Gasteiger partial charge in [-0.05, 0) is 37.1 Å². The Labute approximate surface area is 142 Å². The first-order valence-electron chi connectivity index (χ1n) is 7.25. The van der Waals surface area contributed by atoms with E-state index in [0.29, 0.717) is 18.7 Å². The van der Waals surface area contributed by atoms with Gasteiger partial charge in [0.05, 0.1) is 4.90 Å². The molecule has 0 atom stereocenters. The fourth-order valence-corrected chi connectivity index (χ4v) is 4.36. The minimum absolute atomic E-state index is 0.154. The second kappa shape index (κ2) is 6.91. The molecule has 2 aromatic rings. The molecule has 0 amide bonds. The monoisotopic (exact) mass is 369 g/mol. The van der Waals surface area contributed by atoms with E-state index in [4.69, 9.17) is 9.52 Å². The highest BCUT2D eigenvalue weighted by atomic mass is 32.2. The summed E-state index contributed by atoms with van der Waals surface area (Å²) >= 11 is 0.926. The van der Waals surface area contributed by atoms with Crippen molar-refractivity contribution in [3.63, 3.8) is 0 Å². The third-order valence-electron chi connectivity index (χ3n) is 3.53. The van der Waals surface area contributed by atoms with E-state index in [1.807, 2.05) is 0 Å². The molecule has 1 saturated heterocycles. The van der Waals surface area contributed by atoms with E-state index < -0.39 is 16.0 Å². The highest BCUT2D eigenvalue weighted by Crippen LogP contribution is 2.26. The number of carboxylic acid groups (broad SMARTS) is 1. The first-order chi connectivity index (χ1) is 11.5. The standard InChI is InChI=1S/C14H15N3O5S2/c18-12(19)9-23-14-16-15-13(22-14)10-3-5-11(6-4-10)24(20,21)17-7-1-2-8-17/h3-6H,1-2,7-9H2,(H,18,19). The zero-order valence-electron chi connectivity index (χ0n) is 12.6. The number of nitrogens with zero attached hydrogens (tertiary/aromatic N) is 3. The molecule has 1 aromatic carbocycles. The van der Waals surface area contributed by atoms with Gasteiger partial charge in [0.15, 0.2) is 0 Å². The van der Waals surface area contributed by atoms with Crippen LogP contribution in [0.3, 0.4) is 0 Å². The second-order valence-corrected chi connectivity index (χ2v) is 8.06. The van der Waals surface area contributed by atoms with Gasteiger partial charge in [-0.25, -0.2) is 8.42 Å². The number of rotatable bonds is 6. The average Bonchev–Trinajstić information content (AvgIpc) is 3.25. The molecule has 0 aliphatic carbocycles. The number of carboxylic acids is 1. The number of aromatic nitrogens is 2. The Balaban J connectivity index is 1.76. The van der Waals surface area contributed by atoms with Crippen molar-refractivity contribution in [2.24, 2.45) is 0 Å². The highest BCUT2D eigenvalue weighted by Gasteiger charge is 2.27. The molecular weight excluding hydrogens is 354 g/mol. The lowest BCUT2D eigenvalue weighted by Crippen LogP contribution is -2.27. The summed E-state index contributed by atoms with van der Waals surface area (Å²) in [6, 6.07) is 6.22. The molecule has 1 N–H and O–H groups in total. The molecule has 1 aromatic heterocycles. The quantitative estimate of drug-likeness (QED) is 0.765. The zero-order chi connectivity index (χ0) is 17.2. The summed E-state index contributed by atoms with van der Waals surface area (Å²) in [7, 11) is -3.45. The molecule has 0 unspecified atom stereocenters. The number of carbonyl (C=O) groups is 1. The summed E-state index contributed by atoms with van der Waals surface area (Å²) in [6.07, 6.45) is 1.77. The van der Waals surface area contributed by atoms with E-state index in [0.717, 1.165) is 24.6 Å². The van der Waals surface area contributed by atoms with Gasteiger partial charge in [0.2, 0.25) is 15.9 Å². The smallest absolute Gasteiger partial charge is 0.314 e. The van der Waals surface area contributed by atoms with Gasteiger partial charge >= 0.3 is 5.97 Å². The van der Waals surface area contributed by atoms with Gasteiger partial charge < -0.3 is 9.52 Å². The first-order valence-corrected chi connectivity index (χ1v) is 9.68. The van der Waals surface area contributed by atoms with Crippen molar-refractivity contribution in [1.82, 2.24) is 14.5 Å². The molecule has 3 rings (SSSR count). The highest BCUT2D eigenvalue weighted by molar-refractivity contribution is 7.99. The molecule has 24 heavy (non-hydrogen) atoms. The normalized spacial score (nSPS) is 15.7. The third-order valence-corrected chi connectivity index (χ3v) is 6.25. The summed E-state index contributed by atoms with van der Waals surface area (Å²) in [5.41, 5.74) is 0.574. The summed E-state index contributed by atoms with van der Waals surface area (Å²) in [4.78, 5) is 10.7. The van der Waals surface area contributed by atoms with Gasteiger partial charge in [-0.3, -0.25) is 4.79 Å². The first kappa shape index (κ1) is 16.9. The van der Waals surface area contributed by atoms with Gasteiger partial charge in [0, 0.05) is 18.7 Å². The van der Waals surface area contributed by atoms with Crippen LogP contribution in [0.2, 0.25) is 0 Å². The van der Waals surface area contributed by atoms with Crippen molar-refractivity contribution < 1.29 is 22.7 Å². The van der Waals surface area contributed by atoms with Gasteiger partial charge in [0.25, 0.3) is 5.22 Å². The Morgan fingerprint density at radius 1 is 1.21 bits per heavy atom. The van der Waals surface area contributed by atoms with Crippen molar-refractivity contribution in [3.05, 3.63) is 24.3 Å². The Kier molecular flexibility index (Phi) is 4.88. The summed E-state index contributed by atoms with van der Waals surface area (Å²) in [5, 5.41) is 16.4. The molecule has 10 heteroatoms. The second-order valence-electron chi connectivity index (χ2n) is 5.19. The molecule has 1 fully saturated rings. The molecule has 0 spiro atoms. The Hall–Kier alpha value is -1.91. The fourth-order valence-electron chi connectivity index (χ4n) is 2.36. The predicted octanol–water partition coefficient (Wildman–Crippen LogP) is 1.70. The number of aliphatic carboxylic acids is 1. The Morgan fingerprint density at radius 3 is 2.50 bits per heavy atom. The lowest BCUT2D eigenvalue weighted by atomic mass is 10.2. The molecule has 0 radical (unpaired) electrons. The lowest BCUT2D eigenvalue weighted by Gasteiger charge is -2.15. The third kappa shape index (κ3) is 3.60. The van der Waals surface area contributed by atoms with E-state index in [2.05, 4.69) is 10.2 Å². The number of sulfonamides is 1. The van der Waals surface area contributed by atoms with Crippen molar-refractivity contribution in [2.45, 2.75) is 23.0 Å². The minimum atomic E-state index is -3.45. The number of hydrogen-bond acceptors (Lipinski definition) is 7. The van der Waals surface area contributed by atoms with E-state index in [1.54, 1.807) is 12.1 Å². The van der Waals surface area contributed by atoms with Crippen LogP contribution in [0.1, 0.15) is 12.8 Å². The molecule has 0 bridgehead atoms. The summed E-state index contributed by atoms with van der Waals surface area (Å²) in [5.74, 6) is -0.932. The SMILES string of the molecule is O=C(O)CSc1nnc(-c2ccc(S(=O)(=O)N3CCCC3)cc2)o1. The van der Waals surface area contributed by atoms with Crippen molar-refractivity contribution >= 4 is 27.8 Å². The van der Waals surface area contributed by atoms with Gasteiger partial charge in [-0.15, -0.1) is 10.2 Å². The van der Waals surface area contributed by atoms with Crippen LogP contribution in [0.4, 0.5) is 0 Å². The predicted molar refractivity (Wildman–Crippen MR) is 86.1 cm³/mol. The maximum Gasteiger partial charge on any atom is 0.314 e. The van der Waals surface area contributed by atoms with E-state index in [-0.39, 0.29) is 21.8 Å². The van der Waals surface area contributed by atoms with Crippen LogP contribution in [-0.2, 0) is 14.8 Å². The molecule has 2 heterocycles. The van der Waals surface area contributed by atoms with Crippen LogP contribution in [-0.4, -0.2) is 52.8 Å². The van der Waals surface area contributed by atoms with Crippen molar-refractivity contribution in [2.75, 3.05) is 18.8 Å². The fraction of sp³-hybridized carbons (Fsp3) is 0.357. The van der Waals surface area contributed by atoms with Gasteiger partial charge in [0.1, 0.15) is 5.75 Å². The molecular formula is C14H15N3O5S2.